The van der Waals surface area contributed by atoms with Crippen LogP contribution in [0.5, 0.6) is 11.5 Å². The van der Waals surface area contributed by atoms with E-state index in [1.54, 1.807) is 7.11 Å². The van der Waals surface area contributed by atoms with Gasteiger partial charge in [0.15, 0.2) is 11.5 Å². The number of benzene rings is 1. The van der Waals surface area contributed by atoms with Gasteiger partial charge in [0.25, 0.3) is 0 Å². The van der Waals surface area contributed by atoms with Crippen molar-refractivity contribution >= 4 is 0 Å². The zero-order chi connectivity index (χ0) is 13.7. The predicted octanol–water partition coefficient (Wildman–Crippen LogP) is 2.25. The van der Waals surface area contributed by atoms with Crippen LogP contribution in [0.15, 0.2) is 24.3 Å². The molecule has 0 saturated carbocycles. The molecular weight excluding hydrogens is 244 g/mol. The van der Waals surface area contributed by atoms with E-state index >= 15 is 0 Å². The second kappa shape index (κ2) is 6.26. The second-order valence-corrected chi connectivity index (χ2v) is 5.03. The van der Waals surface area contributed by atoms with Crippen molar-refractivity contribution in [1.29, 1.82) is 0 Å². The van der Waals surface area contributed by atoms with Crippen LogP contribution in [-0.2, 0) is 4.74 Å². The van der Waals surface area contributed by atoms with E-state index in [0.29, 0.717) is 6.61 Å². The number of methoxy groups -OCH3 is 1. The molecule has 1 N–H and O–H groups in total. The largest absolute Gasteiger partial charge is 0.493 e. The summed E-state index contributed by atoms with van der Waals surface area (Å²) in [4.78, 5) is 0. The highest BCUT2D eigenvalue weighted by molar-refractivity contribution is 5.39. The fourth-order valence-corrected chi connectivity index (χ4v) is 2.54. The lowest BCUT2D eigenvalue weighted by molar-refractivity contribution is 0.0138. The first-order valence-corrected chi connectivity index (χ1v) is 6.70. The number of hydrogen-bond acceptors (Lipinski definition) is 4. The highest BCUT2D eigenvalue weighted by atomic mass is 16.5. The van der Waals surface area contributed by atoms with Crippen LogP contribution in [0.2, 0.25) is 0 Å². The molecule has 1 saturated heterocycles. The lowest BCUT2D eigenvalue weighted by Crippen LogP contribution is -2.34. The van der Waals surface area contributed by atoms with Gasteiger partial charge < -0.3 is 19.3 Å². The van der Waals surface area contributed by atoms with Crippen molar-refractivity contribution in [2.75, 3.05) is 26.9 Å². The molecule has 106 valence electrons. The molecule has 0 bridgehead atoms. The van der Waals surface area contributed by atoms with E-state index in [9.17, 15) is 5.11 Å². The van der Waals surface area contributed by atoms with E-state index in [1.165, 1.54) is 0 Å². The van der Waals surface area contributed by atoms with E-state index in [4.69, 9.17) is 14.2 Å². The van der Waals surface area contributed by atoms with Crippen LogP contribution in [0.1, 0.15) is 19.8 Å². The molecule has 4 nitrogen and oxygen atoms in total. The van der Waals surface area contributed by atoms with Crippen molar-refractivity contribution in [3.8, 4) is 11.5 Å². The molecule has 19 heavy (non-hydrogen) atoms. The average molecular weight is 266 g/mol. The molecule has 0 radical (unpaired) electrons. The van der Waals surface area contributed by atoms with Crippen LogP contribution in [0.3, 0.4) is 0 Å². The summed E-state index contributed by atoms with van der Waals surface area (Å²) in [5.41, 5.74) is -0.165. The van der Waals surface area contributed by atoms with Crippen LogP contribution in [0.4, 0.5) is 0 Å². The number of rotatable bonds is 6. The highest BCUT2D eigenvalue weighted by Crippen LogP contribution is 2.38. The maximum atomic E-state index is 9.62. The Balaban J connectivity index is 1.92. The number of ether oxygens (including phenoxy) is 3. The van der Waals surface area contributed by atoms with Crippen molar-refractivity contribution < 1.29 is 19.3 Å². The summed E-state index contributed by atoms with van der Waals surface area (Å²) < 4.78 is 16.6. The van der Waals surface area contributed by atoms with Crippen LogP contribution >= 0.6 is 0 Å². The van der Waals surface area contributed by atoms with Gasteiger partial charge in [0.05, 0.1) is 26.4 Å². The van der Waals surface area contributed by atoms with Crippen molar-refractivity contribution in [3.63, 3.8) is 0 Å². The lowest BCUT2D eigenvalue weighted by Gasteiger charge is -2.29. The van der Waals surface area contributed by atoms with Crippen molar-refractivity contribution in [2.45, 2.75) is 25.9 Å². The maximum Gasteiger partial charge on any atom is 0.161 e. The minimum atomic E-state index is -0.165. The normalized spacial score (nSPS) is 26.4. The first-order chi connectivity index (χ1) is 9.22. The van der Waals surface area contributed by atoms with E-state index < -0.39 is 0 Å². The molecule has 1 aromatic carbocycles. The topological polar surface area (TPSA) is 47.9 Å². The minimum absolute atomic E-state index is 0.0822. The third kappa shape index (κ3) is 3.01. The van der Waals surface area contributed by atoms with E-state index in [-0.39, 0.29) is 18.1 Å². The van der Waals surface area contributed by atoms with E-state index in [2.05, 4.69) is 0 Å². The summed E-state index contributed by atoms with van der Waals surface area (Å²) in [6, 6.07) is 7.59. The maximum absolute atomic E-state index is 9.62. The number of aliphatic hydroxyl groups is 1. The molecule has 0 aliphatic carbocycles. The summed E-state index contributed by atoms with van der Waals surface area (Å²) in [5.74, 6) is 1.47. The molecule has 4 heteroatoms. The lowest BCUT2D eigenvalue weighted by atomic mass is 9.80. The average Bonchev–Trinajstić information content (AvgIpc) is 2.81. The zero-order valence-corrected chi connectivity index (χ0v) is 11.6. The summed E-state index contributed by atoms with van der Waals surface area (Å²) in [5, 5.41) is 9.62. The van der Waals surface area contributed by atoms with Crippen molar-refractivity contribution in [3.05, 3.63) is 24.3 Å². The Morgan fingerprint density at radius 3 is 2.68 bits per heavy atom. The molecule has 1 aliphatic rings. The van der Waals surface area contributed by atoms with Gasteiger partial charge in [0.2, 0.25) is 0 Å². The monoisotopic (exact) mass is 266 g/mol. The molecule has 0 aromatic heterocycles. The molecule has 2 atom stereocenters. The van der Waals surface area contributed by atoms with Crippen molar-refractivity contribution in [1.82, 2.24) is 0 Å². The number of para-hydroxylation sites is 2. The molecule has 1 heterocycles. The SMILES string of the molecule is COc1ccccc1OCCC1(CO)CCOC1C. The van der Waals surface area contributed by atoms with Crippen LogP contribution in [0.25, 0.3) is 0 Å². The molecule has 0 spiro atoms. The van der Waals surface area contributed by atoms with Gasteiger partial charge in [-0.25, -0.2) is 0 Å². The second-order valence-electron chi connectivity index (χ2n) is 5.03. The van der Waals surface area contributed by atoms with Crippen molar-refractivity contribution in [2.24, 2.45) is 5.41 Å². The standard InChI is InChI=1S/C15H22O4/c1-12-15(11-16,7-9-18-12)8-10-19-14-6-4-3-5-13(14)17-2/h3-6,12,16H,7-11H2,1-2H3. The molecule has 0 amide bonds. The smallest absolute Gasteiger partial charge is 0.161 e. The van der Waals surface area contributed by atoms with Crippen LogP contribution < -0.4 is 9.47 Å². The number of aliphatic hydroxyl groups excluding tert-OH is 1. The Bertz CT molecular complexity index is 407. The number of hydrogen-bond donors (Lipinski definition) is 1. The summed E-state index contributed by atoms with van der Waals surface area (Å²) in [6.07, 6.45) is 1.75. The highest BCUT2D eigenvalue weighted by Gasteiger charge is 2.40. The summed E-state index contributed by atoms with van der Waals surface area (Å²) >= 11 is 0. The van der Waals surface area contributed by atoms with Crippen LogP contribution in [0, 0.1) is 5.41 Å². The summed E-state index contributed by atoms with van der Waals surface area (Å²) in [7, 11) is 1.63. The molecule has 1 fully saturated rings. The van der Waals surface area contributed by atoms with E-state index in [0.717, 1.165) is 30.9 Å². The van der Waals surface area contributed by atoms with Gasteiger partial charge in [-0.15, -0.1) is 0 Å². The fraction of sp³-hybridized carbons (Fsp3) is 0.600. The summed E-state index contributed by atoms with van der Waals surface area (Å²) in [6.45, 7) is 3.43. The molecule has 1 aliphatic heterocycles. The molecule has 2 unspecified atom stereocenters. The third-order valence-corrected chi connectivity index (χ3v) is 4.07. The van der Waals surface area contributed by atoms with Gasteiger partial charge in [-0.2, -0.15) is 0 Å². The van der Waals surface area contributed by atoms with Gasteiger partial charge in [-0.05, 0) is 31.9 Å². The zero-order valence-electron chi connectivity index (χ0n) is 11.6. The first-order valence-electron chi connectivity index (χ1n) is 6.70. The minimum Gasteiger partial charge on any atom is -0.493 e. The first kappa shape index (κ1) is 14.2. The van der Waals surface area contributed by atoms with Gasteiger partial charge in [-0.1, -0.05) is 12.1 Å². The molecule has 2 rings (SSSR count). The Hall–Kier alpha value is -1.26. The Labute approximate surface area is 114 Å². The van der Waals surface area contributed by atoms with Crippen LogP contribution in [-0.4, -0.2) is 38.1 Å². The molecular formula is C15H22O4. The van der Waals surface area contributed by atoms with E-state index in [1.807, 2.05) is 31.2 Å². The molecule has 1 aromatic rings. The quantitative estimate of drug-likeness (QED) is 0.858. The fourth-order valence-electron chi connectivity index (χ4n) is 2.54. The predicted molar refractivity (Wildman–Crippen MR) is 72.7 cm³/mol. The Kier molecular flexibility index (Phi) is 4.66. The van der Waals surface area contributed by atoms with Gasteiger partial charge in [0.1, 0.15) is 0 Å². The Morgan fingerprint density at radius 1 is 1.37 bits per heavy atom. The van der Waals surface area contributed by atoms with Gasteiger partial charge in [0, 0.05) is 12.0 Å². The van der Waals surface area contributed by atoms with Gasteiger partial charge in [-0.3, -0.25) is 0 Å². The Morgan fingerprint density at radius 2 is 2.11 bits per heavy atom. The van der Waals surface area contributed by atoms with Gasteiger partial charge >= 0.3 is 0 Å². The third-order valence-electron chi connectivity index (χ3n) is 4.07.